The summed E-state index contributed by atoms with van der Waals surface area (Å²) in [6.45, 7) is 7.10. The SMILES string of the molecule is COCC(C)NC(=O)CNC(c1cccs1)C(C)C. The van der Waals surface area contributed by atoms with Gasteiger partial charge in [-0.25, -0.2) is 0 Å². The van der Waals surface area contributed by atoms with Crippen LogP contribution in [-0.4, -0.2) is 32.2 Å². The topological polar surface area (TPSA) is 50.4 Å². The molecule has 1 aromatic rings. The van der Waals surface area contributed by atoms with Gasteiger partial charge < -0.3 is 15.4 Å². The molecule has 2 unspecified atom stereocenters. The lowest BCUT2D eigenvalue weighted by Gasteiger charge is -2.21. The van der Waals surface area contributed by atoms with Crippen molar-refractivity contribution in [3.63, 3.8) is 0 Å². The Balaban J connectivity index is 2.42. The summed E-state index contributed by atoms with van der Waals surface area (Å²) in [5.41, 5.74) is 0. The van der Waals surface area contributed by atoms with Crippen LogP contribution in [0.3, 0.4) is 0 Å². The third-order valence-corrected chi connectivity index (χ3v) is 3.78. The van der Waals surface area contributed by atoms with E-state index in [0.717, 1.165) is 0 Å². The van der Waals surface area contributed by atoms with E-state index in [4.69, 9.17) is 4.74 Å². The number of rotatable bonds is 8. The maximum Gasteiger partial charge on any atom is 0.234 e. The average molecular weight is 284 g/mol. The van der Waals surface area contributed by atoms with Gasteiger partial charge in [0.25, 0.3) is 0 Å². The highest BCUT2D eigenvalue weighted by Crippen LogP contribution is 2.25. The molecule has 0 bridgehead atoms. The summed E-state index contributed by atoms with van der Waals surface area (Å²) in [5.74, 6) is 0.453. The number of hydrogen-bond acceptors (Lipinski definition) is 4. The second-order valence-corrected chi connectivity index (χ2v) is 6.02. The predicted octanol–water partition coefficient (Wildman–Crippen LogP) is 2.19. The number of nitrogens with one attached hydrogen (secondary N) is 2. The van der Waals surface area contributed by atoms with Crippen molar-refractivity contribution in [3.05, 3.63) is 22.4 Å². The Bertz CT molecular complexity index is 366. The van der Waals surface area contributed by atoms with Gasteiger partial charge in [0.2, 0.25) is 5.91 Å². The molecule has 4 nitrogen and oxygen atoms in total. The molecular formula is C14H24N2O2S. The van der Waals surface area contributed by atoms with Gasteiger partial charge in [-0.05, 0) is 24.3 Å². The normalized spacial score (nSPS) is 14.4. The molecule has 5 heteroatoms. The van der Waals surface area contributed by atoms with Gasteiger partial charge in [0.05, 0.1) is 13.2 Å². The first-order valence-electron chi connectivity index (χ1n) is 6.59. The molecule has 108 valence electrons. The van der Waals surface area contributed by atoms with Crippen LogP contribution in [0.2, 0.25) is 0 Å². The van der Waals surface area contributed by atoms with E-state index in [2.05, 4.69) is 35.9 Å². The molecule has 0 aromatic carbocycles. The van der Waals surface area contributed by atoms with Gasteiger partial charge in [0.15, 0.2) is 0 Å². The van der Waals surface area contributed by atoms with Crippen molar-refractivity contribution in [2.45, 2.75) is 32.9 Å². The van der Waals surface area contributed by atoms with Gasteiger partial charge in [0, 0.05) is 24.1 Å². The molecular weight excluding hydrogens is 260 g/mol. The molecule has 2 N–H and O–H groups in total. The first-order valence-corrected chi connectivity index (χ1v) is 7.47. The van der Waals surface area contributed by atoms with Gasteiger partial charge in [-0.15, -0.1) is 11.3 Å². The summed E-state index contributed by atoms with van der Waals surface area (Å²) in [5, 5.41) is 8.29. The van der Waals surface area contributed by atoms with Gasteiger partial charge in [0.1, 0.15) is 0 Å². The van der Waals surface area contributed by atoms with Crippen LogP contribution in [-0.2, 0) is 9.53 Å². The fourth-order valence-corrected chi connectivity index (χ4v) is 2.93. The molecule has 1 aromatic heterocycles. The highest BCUT2D eigenvalue weighted by atomic mass is 32.1. The standard InChI is InChI=1S/C14H24N2O2S/c1-10(2)14(12-6-5-7-19-12)15-8-13(17)16-11(3)9-18-4/h5-7,10-11,14-15H,8-9H2,1-4H3,(H,16,17). The molecule has 0 saturated carbocycles. The average Bonchev–Trinajstić information content (AvgIpc) is 2.82. The molecule has 1 rings (SSSR count). The Morgan fingerprint density at radius 2 is 2.16 bits per heavy atom. The van der Waals surface area contributed by atoms with Crippen molar-refractivity contribution < 1.29 is 9.53 Å². The van der Waals surface area contributed by atoms with Crippen LogP contribution >= 0.6 is 11.3 Å². The molecule has 1 amide bonds. The minimum absolute atomic E-state index is 0.00626. The van der Waals surface area contributed by atoms with E-state index in [-0.39, 0.29) is 18.0 Å². The maximum absolute atomic E-state index is 11.8. The molecule has 2 atom stereocenters. The van der Waals surface area contributed by atoms with Crippen molar-refractivity contribution in [3.8, 4) is 0 Å². The van der Waals surface area contributed by atoms with Crippen LogP contribution in [0.1, 0.15) is 31.7 Å². The van der Waals surface area contributed by atoms with Crippen LogP contribution in [0.5, 0.6) is 0 Å². The summed E-state index contributed by atoms with van der Waals surface area (Å²) in [4.78, 5) is 13.1. The highest BCUT2D eigenvalue weighted by Gasteiger charge is 2.17. The quantitative estimate of drug-likeness (QED) is 0.769. The molecule has 0 aliphatic heterocycles. The third-order valence-electron chi connectivity index (χ3n) is 2.82. The van der Waals surface area contributed by atoms with E-state index < -0.39 is 0 Å². The minimum atomic E-state index is 0.00626. The zero-order valence-electron chi connectivity index (χ0n) is 12.1. The van der Waals surface area contributed by atoms with E-state index >= 15 is 0 Å². The van der Waals surface area contributed by atoms with Gasteiger partial charge in [-0.3, -0.25) is 4.79 Å². The number of thiophene rings is 1. The number of ether oxygens (including phenoxy) is 1. The largest absolute Gasteiger partial charge is 0.383 e. The predicted molar refractivity (Wildman–Crippen MR) is 79.4 cm³/mol. The van der Waals surface area contributed by atoms with E-state index in [9.17, 15) is 4.79 Å². The number of methoxy groups -OCH3 is 1. The smallest absolute Gasteiger partial charge is 0.234 e. The van der Waals surface area contributed by atoms with Gasteiger partial charge >= 0.3 is 0 Å². The molecule has 0 radical (unpaired) electrons. The highest BCUT2D eigenvalue weighted by molar-refractivity contribution is 7.10. The van der Waals surface area contributed by atoms with Crippen molar-refractivity contribution in [1.82, 2.24) is 10.6 Å². The molecule has 19 heavy (non-hydrogen) atoms. The fraction of sp³-hybridized carbons (Fsp3) is 0.643. The summed E-state index contributed by atoms with van der Waals surface area (Å²) >= 11 is 1.72. The fourth-order valence-electron chi connectivity index (χ4n) is 1.95. The second kappa shape index (κ2) is 8.30. The summed E-state index contributed by atoms with van der Waals surface area (Å²) in [6, 6.07) is 4.41. The minimum Gasteiger partial charge on any atom is -0.383 e. The van der Waals surface area contributed by atoms with Crippen molar-refractivity contribution >= 4 is 17.2 Å². The monoisotopic (exact) mass is 284 g/mol. The van der Waals surface area contributed by atoms with Crippen molar-refractivity contribution in [2.75, 3.05) is 20.3 Å². The molecule has 1 heterocycles. The Morgan fingerprint density at radius 3 is 2.68 bits per heavy atom. The number of carbonyl (C=O) groups is 1. The van der Waals surface area contributed by atoms with Gasteiger partial charge in [-0.2, -0.15) is 0 Å². The molecule has 0 aliphatic carbocycles. The Hall–Kier alpha value is -0.910. The number of hydrogen-bond donors (Lipinski definition) is 2. The molecule has 0 saturated heterocycles. The lowest BCUT2D eigenvalue weighted by atomic mass is 10.0. The lowest BCUT2D eigenvalue weighted by molar-refractivity contribution is -0.121. The van der Waals surface area contributed by atoms with E-state index in [0.29, 0.717) is 19.1 Å². The van der Waals surface area contributed by atoms with E-state index in [1.807, 2.05) is 13.0 Å². The van der Waals surface area contributed by atoms with Crippen molar-refractivity contribution in [2.24, 2.45) is 5.92 Å². The van der Waals surface area contributed by atoms with Crippen molar-refractivity contribution in [1.29, 1.82) is 0 Å². The van der Waals surface area contributed by atoms with Crippen LogP contribution in [0.25, 0.3) is 0 Å². The molecule has 0 fully saturated rings. The first-order chi connectivity index (χ1) is 9.04. The third kappa shape index (κ3) is 5.72. The van der Waals surface area contributed by atoms with Crippen LogP contribution < -0.4 is 10.6 Å². The Morgan fingerprint density at radius 1 is 1.42 bits per heavy atom. The summed E-state index contributed by atoms with van der Waals surface area (Å²) in [6.07, 6.45) is 0. The van der Waals surface area contributed by atoms with Gasteiger partial charge in [-0.1, -0.05) is 19.9 Å². The summed E-state index contributed by atoms with van der Waals surface area (Å²) < 4.78 is 4.99. The van der Waals surface area contributed by atoms with E-state index in [1.165, 1.54) is 4.88 Å². The van der Waals surface area contributed by atoms with Crippen LogP contribution in [0, 0.1) is 5.92 Å². The molecule has 0 spiro atoms. The number of amides is 1. The number of carbonyl (C=O) groups excluding carboxylic acids is 1. The van der Waals surface area contributed by atoms with Crippen LogP contribution in [0.15, 0.2) is 17.5 Å². The second-order valence-electron chi connectivity index (χ2n) is 5.04. The summed E-state index contributed by atoms with van der Waals surface area (Å²) in [7, 11) is 1.63. The zero-order chi connectivity index (χ0) is 14.3. The first kappa shape index (κ1) is 16.1. The van der Waals surface area contributed by atoms with E-state index in [1.54, 1.807) is 18.4 Å². The molecule has 0 aliphatic rings. The Kier molecular flexibility index (Phi) is 7.05. The Labute approximate surface area is 119 Å². The maximum atomic E-state index is 11.8. The van der Waals surface area contributed by atoms with Crippen LogP contribution in [0.4, 0.5) is 0 Å². The zero-order valence-corrected chi connectivity index (χ0v) is 12.9. The lowest BCUT2D eigenvalue weighted by Crippen LogP contribution is -2.42.